The maximum atomic E-state index is 3.62. The molecule has 1 aliphatic heterocycles. The van der Waals surface area contributed by atoms with Crippen LogP contribution >= 0.6 is 11.3 Å². The van der Waals surface area contributed by atoms with Gasteiger partial charge >= 0.3 is 0 Å². The molecule has 1 saturated heterocycles. The van der Waals surface area contributed by atoms with Crippen LogP contribution in [0.15, 0.2) is 35.7 Å². The highest BCUT2D eigenvalue weighted by atomic mass is 32.1. The molecule has 0 unspecified atom stereocenters. The van der Waals surface area contributed by atoms with Crippen molar-refractivity contribution in [3.05, 3.63) is 57.3 Å². The second kappa shape index (κ2) is 8.77. The van der Waals surface area contributed by atoms with Gasteiger partial charge in [0.15, 0.2) is 0 Å². The third kappa shape index (κ3) is 4.67. The van der Waals surface area contributed by atoms with E-state index in [2.05, 4.69) is 64.7 Å². The van der Waals surface area contributed by atoms with Crippen LogP contribution in [0.5, 0.6) is 0 Å². The number of nitrogens with one attached hydrogen (secondary N) is 1. The summed E-state index contributed by atoms with van der Waals surface area (Å²) in [6.45, 7) is 13.4. The van der Waals surface area contributed by atoms with E-state index in [1.807, 2.05) is 11.3 Å². The standard InChI is InChI=1S/C20H29N3S/c1-3-22-9-11-23(12-10-22)16-19-7-5-4-6-18(19)14-21-15-20-17(2)8-13-24-20/h4-8,13,21H,3,9-12,14-16H2,1-2H3. The van der Waals surface area contributed by atoms with Crippen LogP contribution in [0.3, 0.4) is 0 Å². The highest BCUT2D eigenvalue weighted by Crippen LogP contribution is 2.17. The summed E-state index contributed by atoms with van der Waals surface area (Å²) < 4.78 is 0. The molecule has 0 atom stereocenters. The topological polar surface area (TPSA) is 18.5 Å². The van der Waals surface area contributed by atoms with Crippen molar-refractivity contribution in [1.29, 1.82) is 0 Å². The predicted octanol–water partition coefficient (Wildman–Crippen LogP) is 3.48. The Balaban J connectivity index is 1.54. The van der Waals surface area contributed by atoms with E-state index in [4.69, 9.17) is 0 Å². The molecule has 2 heterocycles. The Hall–Kier alpha value is -1.20. The van der Waals surface area contributed by atoms with Crippen molar-refractivity contribution in [2.24, 2.45) is 0 Å². The van der Waals surface area contributed by atoms with Gasteiger partial charge in [-0.05, 0) is 41.6 Å². The summed E-state index contributed by atoms with van der Waals surface area (Å²) in [5, 5.41) is 5.80. The maximum Gasteiger partial charge on any atom is 0.0305 e. The number of rotatable bonds is 7. The largest absolute Gasteiger partial charge is 0.308 e. The van der Waals surface area contributed by atoms with Gasteiger partial charge in [0.25, 0.3) is 0 Å². The third-order valence-corrected chi connectivity index (χ3v) is 6.02. The molecule has 3 nitrogen and oxygen atoms in total. The second-order valence-corrected chi connectivity index (χ2v) is 7.61. The Morgan fingerprint density at radius 3 is 2.33 bits per heavy atom. The summed E-state index contributed by atoms with van der Waals surface area (Å²) in [6.07, 6.45) is 0. The van der Waals surface area contributed by atoms with E-state index in [-0.39, 0.29) is 0 Å². The molecule has 0 spiro atoms. The molecule has 0 aliphatic carbocycles. The molecule has 0 saturated carbocycles. The van der Waals surface area contributed by atoms with E-state index in [0.717, 1.165) is 19.6 Å². The van der Waals surface area contributed by atoms with E-state index in [1.165, 1.54) is 54.3 Å². The van der Waals surface area contributed by atoms with Gasteiger partial charge < -0.3 is 10.2 Å². The lowest BCUT2D eigenvalue weighted by Gasteiger charge is -2.34. The number of piperazine rings is 1. The van der Waals surface area contributed by atoms with E-state index in [0.29, 0.717) is 0 Å². The number of hydrogen-bond donors (Lipinski definition) is 1. The molecule has 4 heteroatoms. The molecular weight excluding hydrogens is 314 g/mol. The summed E-state index contributed by atoms with van der Waals surface area (Å²) in [6, 6.07) is 11.1. The quantitative estimate of drug-likeness (QED) is 0.830. The van der Waals surface area contributed by atoms with Gasteiger partial charge in [-0.15, -0.1) is 11.3 Å². The molecule has 3 rings (SSSR count). The van der Waals surface area contributed by atoms with Crippen LogP contribution in [-0.4, -0.2) is 42.5 Å². The van der Waals surface area contributed by atoms with Crippen LogP contribution in [0, 0.1) is 6.92 Å². The first-order valence-electron chi connectivity index (χ1n) is 9.01. The minimum Gasteiger partial charge on any atom is -0.308 e. The molecule has 1 aliphatic rings. The van der Waals surface area contributed by atoms with Gasteiger partial charge in [-0.2, -0.15) is 0 Å². The summed E-state index contributed by atoms with van der Waals surface area (Å²) in [7, 11) is 0. The van der Waals surface area contributed by atoms with E-state index < -0.39 is 0 Å². The Kier molecular flexibility index (Phi) is 6.44. The molecule has 1 aromatic carbocycles. The van der Waals surface area contributed by atoms with Gasteiger partial charge in [0.05, 0.1) is 0 Å². The molecule has 1 fully saturated rings. The van der Waals surface area contributed by atoms with Crippen LogP contribution in [0.4, 0.5) is 0 Å². The summed E-state index contributed by atoms with van der Waals surface area (Å²) in [5.41, 5.74) is 4.30. The zero-order chi connectivity index (χ0) is 16.8. The fraction of sp³-hybridized carbons (Fsp3) is 0.500. The minimum atomic E-state index is 0.947. The molecule has 1 N–H and O–H groups in total. The van der Waals surface area contributed by atoms with Crippen molar-refractivity contribution < 1.29 is 0 Å². The first-order valence-corrected chi connectivity index (χ1v) is 9.89. The second-order valence-electron chi connectivity index (χ2n) is 6.61. The van der Waals surface area contributed by atoms with Crippen molar-refractivity contribution >= 4 is 11.3 Å². The third-order valence-electron chi connectivity index (χ3n) is 4.99. The van der Waals surface area contributed by atoms with Gasteiger partial charge in [0.1, 0.15) is 0 Å². The van der Waals surface area contributed by atoms with Crippen molar-refractivity contribution in [3.63, 3.8) is 0 Å². The molecule has 130 valence electrons. The normalized spacial score (nSPS) is 16.6. The number of thiophene rings is 1. The number of likely N-dealkylation sites (N-methyl/N-ethyl adjacent to an activating group) is 1. The maximum absolute atomic E-state index is 3.62. The molecule has 1 aromatic heterocycles. The number of hydrogen-bond acceptors (Lipinski definition) is 4. The number of benzene rings is 1. The fourth-order valence-electron chi connectivity index (χ4n) is 3.28. The summed E-state index contributed by atoms with van der Waals surface area (Å²) in [4.78, 5) is 6.57. The van der Waals surface area contributed by atoms with Crippen molar-refractivity contribution in [2.45, 2.75) is 33.5 Å². The lowest BCUT2D eigenvalue weighted by atomic mass is 10.1. The van der Waals surface area contributed by atoms with Gasteiger partial charge in [-0.25, -0.2) is 0 Å². The van der Waals surface area contributed by atoms with E-state index in [9.17, 15) is 0 Å². The van der Waals surface area contributed by atoms with Crippen molar-refractivity contribution in [2.75, 3.05) is 32.7 Å². The minimum absolute atomic E-state index is 0.947. The molecular formula is C20H29N3S. The SMILES string of the molecule is CCN1CCN(Cc2ccccc2CNCc2sccc2C)CC1. The zero-order valence-corrected chi connectivity index (χ0v) is 15.7. The number of aryl methyl sites for hydroxylation is 1. The van der Waals surface area contributed by atoms with Crippen LogP contribution in [0.2, 0.25) is 0 Å². The zero-order valence-electron chi connectivity index (χ0n) is 14.9. The van der Waals surface area contributed by atoms with Crippen molar-refractivity contribution in [3.8, 4) is 0 Å². The molecule has 0 amide bonds. The van der Waals surface area contributed by atoms with Crippen LogP contribution < -0.4 is 5.32 Å². The predicted molar refractivity (Wildman–Crippen MR) is 103 cm³/mol. The van der Waals surface area contributed by atoms with Gasteiger partial charge in [0.2, 0.25) is 0 Å². The molecule has 2 aromatic rings. The van der Waals surface area contributed by atoms with Crippen LogP contribution in [0.1, 0.15) is 28.5 Å². The van der Waals surface area contributed by atoms with E-state index in [1.54, 1.807) is 0 Å². The Morgan fingerprint density at radius 2 is 1.67 bits per heavy atom. The van der Waals surface area contributed by atoms with Gasteiger partial charge in [-0.1, -0.05) is 31.2 Å². The highest BCUT2D eigenvalue weighted by Gasteiger charge is 2.16. The number of nitrogens with zero attached hydrogens (tertiary/aromatic N) is 2. The lowest BCUT2D eigenvalue weighted by molar-refractivity contribution is 0.131. The highest BCUT2D eigenvalue weighted by molar-refractivity contribution is 7.10. The smallest absolute Gasteiger partial charge is 0.0305 e. The van der Waals surface area contributed by atoms with E-state index >= 15 is 0 Å². The summed E-state index contributed by atoms with van der Waals surface area (Å²) in [5.74, 6) is 0. The Labute approximate surface area is 150 Å². The van der Waals surface area contributed by atoms with Gasteiger partial charge in [-0.3, -0.25) is 4.90 Å². The molecule has 0 bridgehead atoms. The van der Waals surface area contributed by atoms with Crippen LogP contribution in [-0.2, 0) is 19.6 Å². The molecule has 0 radical (unpaired) electrons. The average molecular weight is 344 g/mol. The Morgan fingerprint density at radius 1 is 0.958 bits per heavy atom. The average Bonchev–Trinajstić information content (AvgIpc) is 3.02. The van der Waals surface area contributed by atoms with Gasteiger partial charge in [0, 0.05) is 50.7 Å². The monoisotopic (exact) mass is 343 g/mol. The first-order chi connectivity index (χ1) is 11.8. The first kappa shape index (κ1) is 17.6. The lowest BCUT2D eigenvalue weighted by Crippen LogP contribution is -2.45. The van der Waals surface area contributed by atoms with Crippen LogP contribution in [0.25, 0.3) is 0 Å². The molecule has 24 heavy (non-hydrogen) atoms. The van der Waals surface area contributed by atoms with Crippen molar-refractivity contribution in [1.82, 2.24) is 15.1 Å². The fourth-order valence-corrected chi connectivity index (χ4v) is 4.16. The summed E-state index contributed by atoms with van der Waals surface area (Å²) >= 11 is 1.84. The Bertz CT molecular complexity index is 629.